The molecular formula is C38H50N2O11. The van der Waals surface area contributed by atoms with Gasteiger partial charge in [0.1, 0.15) is 17.3 Å². The fourth-order valence-electron chi connectivity index (χ4n) is 13.2. The van der Waals surface area contributed by atoms with Gasteiger partial charge in [-0.3, -0.25) is 19.3 Å². The van der Waals surface area contributed by atoms with Crippen molar-refractivity contribution in [3.63, 3.8) is 0 Å². The van der Waals surface area contributed by atoms with E-state index >= 15 is 0 Å². The lowest BCUT2D eigenvalue weighted by Gasteiger charge is -2.70. The van der Waals surface area contributed by atoms with E-state index in [1.807, 2.05) is 6.92 Å². The number of nitrogens with zero attached hydrogens (tertiary/aromatic N) is 2. The second-order valence-corrected chi connectivity index (χ2v) is 16.3. The van der Waals surface area contributed by atoms with Crippen LogP contribution in [0.2, 0.25) is 0 Å². The van der Waals surface area contributed by atoms with Crippen LogP contribution < -0.4 is 4.90 Å². The molecule has 5 saturated carbocycles. The number of para-hydroxylation sites is 1. The number of carbonyl (C=O) groups excluding carboxylic acids is 4. The number of amides is 2. The number of hydrogen-bond donors (Lipinski definition) is 2. The molecule has 7 bridgehead atoms. The first-order valence-electron chi connectivity index (χ1n) is 18.4. The fourth-order valence-corrected chi connectivity index (χ4v) is 13.2. The standard InChI is InChI=1S/C38H50N2O11/c1-7-39-17-35(18-50-33(44)21-10-8-9-11-24(21)40-27(42)14-19(2)32(40)43)13-12-26(48-5)37-23-15-22-25(47-4)16-36(45,28(23)29(22)51-20(3)41)38(46,34(37)39)31(49-6)30(35)37/h8-11,19,22-23,25-26,28-31,34,45-46H,7,12-18H2,1-6H3/t19-,22-,23-,25+,26+,28-,29+,30-,31+,34+,35+,36-,37-,38-/m1/s1. The first-order valence-corrected chi connectivity index (χ1v) is 18.4. The molecule has 0 unspecified atom stereocenters. The van der Waals surface area contributed by atoms with Gasteiger partial charge in [-0.25, -0.2) is 9.69 Å². The third kappa shape index (κ3) is 4.19. The third-order valence-corrected chi connectivity index (χ3v) is 14.6. The minimum Gasteiger partial charge on any atom is -0.462 e. The fraction of sp³-hybridized carbons (Fsp3) is 0.737. The Morgan fingerprint density at radius 1 is 1.06 bits per heavy atom. The molecule has 1 aromatic carbocycles. The number of aliphatic hydroxyl groups is 2. The minimum atomic E-state index is -1.82. The van der Waals surface area contributed by atoms with Crippen molar-refractivity contribution in [1.29, 1.82) is 0 Å². The van der Waals surface area contributed by atoms with Crippen LogP contribution in [0.1, 0.15) is 63.2 Å². The van der Waals surface area contributed by atoms with Gasteiger partial charge in [-0.2, -0.15) is 0 Å². The van der Waals surface area contributed by atoms with E-state index in [2.05, 4.69) is 4.90 Å². The van der Waals surface area contributed by atoms with Crippen LogP contribution in [0.5, 0.6) is 0 Å². The highest BCUT2D eigenvalue weighted by atomic mass is 16.6. The number of methoxy groups -OCH3 is 3. The molecule has 2 amide bonds. The van der Waals surface area contributed by atoms with Crippen molar-refractivity contribution in [2.75, 3.05) is 45.9 Å². The van der Waals surface area contributed by atoms with Gasteiger partial charge >= 0.3 is 11.9 Å². The summed E-state index contributed by atoms with van der Waals surface area (Å²) in [6.07, 6.45) is -0.303. The van der Waals surface area contributed by atoms with Crippen molar-refractivity contribution < 1.29 is 53.1 Å². The summed E-state index contributed by atoms with van der Waals surface area (Å²) in [4.78, 5) is 55.9. The van der Waals surface area contributed by atoms with Crippen molar-refractivity contribution in [3.8, 4) is 0 Å². The molecule has 5 aliphatic carbocycles. The Kier molecular flexibility index (Phi) is 8.11. The van der Waals surface area contributed by atoms with E-state index in [0.717, 1.165) is 4.90 Å². The van der Waals surface area contributed by atoms with E-state index in [9.17, 15) is 29.4 Å². The second kappa shape index (κ2) is 11.8. The minimum absolute atomic E-state index is 0.0201. The zero-order valence-corrected chi connectivity index (χ0v) is 30.2. The molecular weight excluding hydrogens is 660 g/mol. The first kappa shape index (κ1) is 35.1. The Hall–Kier alpha value is -2.94. The average Bonchev–Trinajstić information content (AvgIpc) is 3.61. The van der Waals surface area contributed by atoms with E-state index in [-0.39, 0.29) is 60.5 Å². The molecule has 2 heterocycles. The number of imide groups is 1. The molecule has 2 saturated heterocycles. The number of likely N-dealkylation sites (N-methyl/N-ethyl adjacent to an activating group) is 1. The van der Waals surface area contributed by atoms with Crippen molar-refractivity contribution in [3.05, 3.63) is 29.8 Å². The molecule has 0 radical (unpaired) electrons. The van der Waals surface area contributed by atoms with Crippen LogP contribution in [0.4, 0.5) is 5.69 Å². The monoisotopic (exact) mass is 710 g/mol. The van der Waals surface area contributed by atoms with E-state index in [1.165, 1.54) is 6.92 Å². The van der Waals surface area contributed by atoms with Crippen LogP contribution in [-0.4, -0.2) is 122 Å². The number of anilines is 1. The molecule has 1 aromatic rings. The molecule has 2 N–H and O–H groups in total. The molecule has 278 valence electrons. The highest BCUT2D eigenvalue weighted by Gasteiger charge is 2.92. The quantitative estimate of drug-likeness (QED) is 0.284. The summed E-state index contributed by atoms with van der Waals surface area (Å²) in [5, 5.41) is 26.7. The van der Waals surface area contributed by atoms with E-state index < -0.39 is 76.1 Å². The lowest BCUT2D eigenvalue weighted by Crippen LogP contribution is -2.82. The van der Waals surface area contributed by atoms with Gasteiger partial charge in [0.15, 0.2) is 0 Å². The number of likely N-dealkylation sites (tertiary alicyclic amines) is 1. The number of carbonyl (C=O) groups is 4. The maximum Gasteiger partial charge on any atom is 0.340 e. The Balaban J connectivity index is 1.24. The smallest absolute Gasteiger partial charge is 0.340 e. The Morgan fingerprint density at radius 3 is 2.43 bits per heavy atom. The van der Waals surface area contributed by atoms with Gasteiger partial charge in [0.2, 0.25) is 11.8 Å². The van der Waals surface area contributed by atoms with Gasteiger partial charge < -0.3 is 33.9 Å². The van der Waals surface area contributed by atoms with Gasteiger partial charge in [-0.15, -0.1) is 0 Å². The van der Waals surface area contributed by atoms with Crippen LogP contribution in [0.3, 0.4) is 0 Å². The summed E-state index contributed by atoms with van der Waals surface area (Å²) in [7, 11) is 4.85. The number of esters is 2. The Bertz CT molecular complexity index is 1650. The maximum atomic E-state index is 14.1. The lowest BCUT2D eigenvalue weighted by atomic mass is 9.42. The van der Waals surface area contributed by atoms with Gasteiger partial charge in [0.05, 0.1) is 42.2 Å². The lowest BCUT2D eigenvalue weighted by molar-refractivity contribution is -0.319. The molecule has 1 spiro atoms. The zero-order valence-electron chi connectivity index (χ0n) is 30.2. The summed E-state index contributed by atoms with van der Waals surface area (Å²) in [6, 6.07) is 5.95. The van der Waals surface area contributed by atoms with E-state index in [1.54, 1.807) is 52.5 Å². The molecule has 51 heavy (non-hydrogen) atoms. The highest BCUT2D eigenvalue weighted by Crippen LogP contribution is 2.80. The van der Waals surface area contributed by atoms with E-state index in [4.69, 9.17) is 23.7 Å². The molecule has 13 heteroatoms. The van der Waals surface area contributed by atoms with Gasteiger partial charge in [0, 0.05) is 82.1 Å². The number of piperidine rings is 1. The van der Waals surface area contributed by atoms with Crippen molar-refractivity contribution >= 4 is 29.4 Å². The first-order chi connectivity index (χ1) is 24.3. The predicted octanol–water partition coefficient (Wildman–Crippen LogP) is 1.95. The van der Waals surface area contributed by atoms with Crippen molar-refractivity contribution in [2.45, 2.75) is 94.5 Å². The summed E-state index contributed by atoms with van der Waals surface area (Å²) in [6.45, 7) is 6.10. The predicted molar refractivity (Wildman–Crippen MR) is 179 cm³/mol. The van der Waals surface area contributed by atoms with Gasteiger partial charge in [-0.1, -0.05) is 26.0 Å². The number of benzene rings is 1. The Labute approximate surface area is 297 Å². The van der Waals surface area contributed by atoms with Gasteiger partial charge in [-0.05, 0) is 43.9 Å². The topological polar surface area (TPSA) is 161 Å². The van der Waals surface area contributed by atoms with Crippen LogP contribution in [0.25, 0.3) is 0 Å². The SMILES string of the molecule is CCN1C[C@]2(COC(=O)c3ccccc3N3C(=O)C[C@@H](C)C3=O)CC[C@H](OC)[C@]34[C@@H]5C[C@H]6[C@H](OC(C)=O)[C@@H]5[C@](O)(C[C@@H]6OC)[C@@](O)([C@@H](OC)[C@H]23)[C@@H]14. The van der Waals surface area contributed by atoms with Crippen LogP contribution in [-0.2, 0) is 38.1 Å². The van der Waals surface area contributed by atoms with Crippen molar-refractivity contribution in [1.82, 2.24) is 4.90 Å². The van der Waals surface area contributed by atoms with E-state index in [0.29, 0.717) is 32.4 Å². The molecule has 0 aromatic heterocycles. The summed E-state index contributed by atoms with van der Waals surface area (Å²) < 4.78 is 31.1. The molecule has 14 atom stereocenters. The van der Waals surface area contributed by atoms with Crippen LogP contribution in [0, 0.1) is 40.4 Å². The molecule has 2 aliphatic heterocycles. The van der Waals surface area contributed by atoms with Crippen LogP contribution >= 0.6 is 0 Å². The normalized spacial score (nSPS) is 46.4. The number of fused-ring (bicyclic) bond motifs is 2. The van der Waals surface area contributed by atoms with Crippen molar-refractivity contribution in [2.24, 2.45) is 40.4 Å². The summed E-state index contributed by atoms with van der Waals surface area (Å²) in [5.41, 5.74) is -4.72. The average molecular weight is 711 g/mol. The third-order valence-electron chi connectivity index (χ3n) is 14.6. The summed E-state index contributed by atoms with van der Waals surface area (Å²) >= 11 is 0. The second-order valence-electron chi connectivity index (χ2n) is 16.3. The molecule has 8 rings (SSSR count). The summed E-state index contributed by atoms with van der Waals surface area (Å²) in [5.74, 6) is -3.74. The molecule has 13 nitrogen and oxygen atoms in total. The largest absolute Gasteiger partial charge is 0.462 e. The number of hydrogen-bond acceptors (Lipinski definition) is 12. The number of ether oxygens (including phenoxy) is 5. The van der Waals surface area contributed by atoms with Gasteiger partial charge in [0.25, 0.3) is 0 Å². The Morgan fingerprint density at radius 2 is 1.80 bits per heavy atom. The molecule has 7 fully saturated rings. The number of rotatable bonds is 9. The molecule has 7 aliphatic rings. The highest BCUT2D eigenvalue weighted by molar-refractivity contribution is 6.22. The maximum absolute atomic E-state index is 14.1. The zero-order chi connectivity index (χ0) is 36.4. The van der Waals surface area contributed by atoms with Crippen LogP contribution in [0.15, 0.2) is 24.3 Å².